The summed E-state index contributed by atoms with van der Waals surface area (Å²) in [6.45, 7) is 4.07. The Hall–Kier alpha value is -2.99. The van der Waals surface area contributed by atoms with Crippen LogP contribution >= 0.6 is 0 Å². The second-order valence-electron chi connectivity index (χ2n) is 8.19. The molecule has 0 spiro atoms. The molecule has 11 heteroatoms. The van der Waals surface area contributed by atoms with Gasteiger partial charge < -0.3 is 10.1 Å². The maximum Gasteiger partial charge on any atom is 0.313 e. The molecule has 3 aromatic rings. The number of carbonyl (C=O) groups is 1. The van der Waals surface area contributed by atoms with Crippen molar-refractivity contribution in [1.29, 1.82) is 0 Å². The molecule has 1 aliphatic heterocycles. The molecule has 3 atom stereocenters. The average molecular weight is 519 g/mol. The molecule has 1 aromatic heterocycles. The molecule has 0 fully saturated rings. The molecule has 2 aromatic carbocycles. The zero-order valence-corrected chi connectivity index (χ0v) is 20.9. The van der Waals surface area contributed by atoms with Crippen LogP contribution < -0.4 is 5.32 Å². The van der Waals surface area contributed by atoms with Crippen molar-refractivity contribution < 1.29 is 30.6 Å². The Labute approximate surface area is 204 Å². The van der Waals surface area contributed by atoms with Crippen LogP contribution in [0.25, 0.3) is 10.9 Å². The van der Waals surface area contributed by atoms with Crippen LogP contribution in [0.3, 0.4) is 0 Å². The number of esters is 1. The molecule has 1 aliphatic rings. The first kappa shape index (κ1) is 25.1. The van der Waals surface area contributed by atoms with Crippen molar-refractivity contribution in [3.63, 3.8) is 0 Å². The monoisotopic (exact) mass is 518 g/mol. The van der Waals surface area contributed by atoms with Gasteiger partial charge in [-0.25, -0.2) is 12.4 Å². The highest BCUT2D eigenvalue weighted by atomic mass is 32.2. The minimum atomic E-state index is -4.09. The number of methoxy groups -OCH3 is 1. The van der Waals surface area contributed by atoms with Gasteiger partial charge in [-0.3, -0.25) is 8.98 Å². The Kier molecular flexibility index (Phi) is 6.87. The van der Waals surface area contributed by atoms with Crippen molar-refractivity contribution in [2.24, 2.45) is 5.92 Å². The van der Waals surface area contributed by atoms with Crippen LogP contribution in [0.1, 0.15) is 17.3 Å². The first-order valence-corrected chi connectivity index (χ1v) is 14.1. The normalized spacial score (nSPS) is 17.9. The van der Waals surface area contributed by atoms with E-state index in [0.29, 0.717) is 24.2 Å². The number of benzene rings is 2. The first-order valence-electron chi connectivity index (χ1n) is 10.8. The van der Waals surface area contributed by atoms with Crippen LogP contribution in [0.15, 0.2) is 72.1 Å². The second kappa shape index (κ2) is 9.57. The molecule has 0 amide bonds. The molecule has 35 heavy (non-hydrogen) atoms. The lowest BCUT2D eigenvalue weighted by Crippen LogP contribution is -2.45. The SMILES string of the molecule is C=CC(OS(C)(=O)=O)C(C(=O)OC)C1NCCc2c1n(S(=O)(=O)c1ccccc1)c1ccccc21. The summed E-state index contributed by atoms with van der Waals surface area (Å²) < 4.78 is 63.2. The molecule has 1 N–H and O–H groups in total. The van der Waals surface area contributed by atoms with E-state index in [1.807, 2.05) is 12.1 Å². The van der Waals surface area contributed by atoms with Crippen molar-refractivity contribution in [3.8, 4) is 0 Å². The van der Waals surface area contributed by atoms with Crippen molar-refractivity contribution in [1.82, 2.24) is 9.29 Å². The highest BCUT2D eigenvalue weighted by Gasteiger charge is 2.44. The smallest absolute Gasteiger partial charge is 0.313 e. The summed E-state index contributed by atoms with van der Waals surface area (Å²) in [5, 5.41) is 3.94. The van der Waals surface area contributed by atoms with Gasteiger partial charge in [0, 0.05) is 5.39 Å². The molecule has 0 saturated heterocycles. The fourth-order valence-electron chi connectivity index (χ4n) is 4.62. The number of aromatic nitrogens is 1. The summed E-state index contributed by atoms with van der Waals surface area (Å²) >= 11 is 0. The van der Waals surface area contributed by atoms with Gasteiger partial charge >= 0.3 is 5.97 Å². The van der Waals surface area contributed by atoms with E-state index in [1.54, 1.807) is 30.3 Å². The number of carbonyl (C=O) groups excluding carboxylic acids is 1. The molecule has 2 heterocycles. The van der Waals surface area contributed by atoms with E-state index in [0.717, 1.165) is 17.2 Å². The lowest BCUT2D eigenvalue weighted by atomic mass is 9.86. The molecule has 186 valence electrons. The number of ether oxygens (including phenoxy) is 1. The Morgan fingerprint density at radius 3 is 2.40 bits per heavy atom. The zero-order valence-electron chi connectivity index (χ0n) is 19.2. The van der Waals surface area contributed by atoms with E-state index in [9.17, 15) is 21.6 Å². The molecular formula is C24H26N2O7S2. The van der Waals surface area contributed by atoms with E-state index in [1.165, 1.54) is 29.3 Å². The van der Waals surface area contributed by atoms with Gasteiger partial charge in [0.2, 0.25) is 0 Å². The van der Waals surface area contributed by atoms with Gasteiger partial charge in [0.1, 0.15) is 12.0 Å². The fraction of sp³-hybridized carbons (Fsp3) is 0.292. The number of nitrogens with zero attached hydrogens (tertiary/aromatic N) is 1. The summed E-state index contributed by atoms with van der Waals surface area (Å²) in [6, 6.07) is 14.1. The van der Waals surface area contributed by atoms with E-state index in [4.69, 9.17) is 8.92 Å². The summed E-state index contributed by atoms with van der Waals surface area (Å²) in [6.07, 6.45) is 1.28. The number of nitrogens with one attached hydrogen (secondary N) is 1. The van der Waals surface area contributed by atoms with Gasteiger partial charge in [-0.05, 0) is 36.7 Å². The maximum atomic E-state index is 13.9. The minimum Gasteiger partial charge on any atom is -0.469 e. The molecule has 4 rings (SSSR count). The van der Waals surface area contributed by atoms with Crippen LogP contribution in [0.2, 0.25) is 0 Å². The maximum absolute atomic E-state index is 13.9. The standard InChI is InChI=1S/C24H26N2O7S2/c1-4-20(33-34(3,28)29)21(24(27)32-2)22-23-18(14-15-25-22)17-12-8-9-13-19(17)26(23)35(30,31)16-10-6-5-7-11-16/h4-13,20-22,25H,1,14-15H2,2-3H3. The van der Waals surface area contributed by atoms with E-state index in [2.05, 4.69) is 11.9 Å². The molecule has 3 unspecified atom stereocenters. The van der Waals surface area contributed by atoms with Gasteiger partial charge in [0.25, 0.3) is 20.1 Å². The Bertz CT molecular complexity index is 1480. The van der Waals surface area contributed by atoms with Gasteiger partial charge in [0.15, 0.2) is 0 Å². The molecule has 0 aliphatic carbocycles. The third-order valence-electron chi connectivity index (χ3n) is 6.00. The molecule has 0 saturated carbocycles. The topological polar surface area (TPSA) is 121 Å². The first-order chi connectivity index (χ1) is 16.6. The van der Waals surface area contributed by atoms with Crippen LogP contribution in [0, 0.1) is 5.92 Å². The van der Waals surface area contributed by atoms with Crippen molar-refractivity contribution >= 4 is 37.0 Å². The summed E-state index contributed by atoms with van der Waals surface area (Å²) in [4.78, 5) is 13.1. The molecule has 0 bridgehead atoms. The van der Waals surface area contributed by atoms with E-state index in [-0.39, 0.29) is 4.90 Å². The van der Waals surface area contributed by atoms with Crippen molar-refractivity contribution in [2.45, 2.75) is 23.5 Å². The van der Waals surface area contributed by atoms with Gasteiger partial charge in [-0.2, -0.15) is 8.42 Å². The predicted molar refractivity (Wildman–Crippen MR) is 131 cm³/mol. The lowest BCUT2D eigenvalue weighted by Gasteiger charge is -2.34. The largest absolute Gasteiger partial charge is 0.469 e. The van der Waals surface area contributed by atoms with Crippen molar-refractivity contribution in [2.75, 3.05) is 19.9 Å². The molecule has 9 nitrogen and oxygen atoms in total. The summed E-state index contributed by atoms with van der Waals surface area (Å²) in [5.41, 5.74) is 1.54. The van der Waals surface area contributed by atoms with Gasteiger partial charge in [-0.15, -0.1) is 6.58 Å². The average Bonchev–Trinajstić information content (AvgIpc) is 3.19. The van der Waals surface area contributed by atoms with Crippen LogP contribution in [-0.2, 0) is 40.3 Å². The Morgan fingerprint density at radius 2 is 1.77 bits per heavy atom. The summed E-state index contributed by atoms with van der Waals surface area (Å²) in [5.74, 6) is -2.00. The number of fused-ring (bicyclic) bond motifs is 3. The zero-order chi connectivity index (χ0) is 25.4. The highest BCUT2D eigenvalue weighted by Crippen LogP contribution is 2.40. The third kappa shape index (κ3) is 4.64. The lowest BCUT2D eigenvalue weighted by molar-refractivity contribution is -0.149. The number of rotatable bonds is 8. The van der Waals surface area contributed by atoms with Crippen molar-refractivity contribution in [3.05, 3.63) is 78.5 Å². The van der Waals surface area contributed by atoms with Gasteiger partial charge in [0.05, 0.1) is 35.5 Å². The Balaban J connectivity index is 2.02. The fourth-order valence-corrected chi connectivity index (χ4v) is 6.83. The van der Waals surface area contributed by atoms with Crippen LogP contribution in [-0.4, -0.2) is 52.8 Å². The third-order valence-corrected chi connectivity index (χ3v) is 8.31. The van der Waals surface area contributed by atoms with E-state index >= 15 is 0 Å². The van der Waals surface area contributed by atoms with Crippen LogP contribution in [0.5, 0.6) is 0 Å². The molecule has 0 radical (unpaired) electrons. The second-order valence-corrected chi connectivity index (χ2v) is 11.6. The minimum absolute atomic E-state index is 0.0788. The Morgan fingerprint density at radius 1 is 1.11 bits per heavy atom. The number of para-hydroxylation sites is 1. The number of hydrogen-bond acceptors (Lipinski definition) is 8. The molecular weight excluding hydrogens is 492 g/mol. The van der Waals surface area contributed by atoms with E-state index < -0.39 is 44.2 Å². The quantitative estimate of drug-likeness (QED) is 0.274. The van der Waals surface area contributed by atoms with Gasteiger partial charge in [-0.1, -0.05) is 42.5 Å². The summed E-state index contributed by atoms with van der Waals surface area (Å²) in [7, 11) is -6.89. The number of hydrogen-bond donors (Lipinski definition) is 1. The van der Waals surface area contributed by atoms with Crippen LogP contribution in [0.4, 0.5) is 0 Å². The highest BCUT2D eigenvalue weighted by molar-refractivity contribution is 7.90. The predicted octanol–water partition coefficient (Wildman–Crippen LogP) is 2.39.